The summed E-state index contributed by atoms with van der Waals surface area (Å²) in [6.45, 7) is 0. The molecule has 2 heterocycles. The van der Waals surface area contributed by atoms with Gasteiger partial charge >= 0.3 is 0 Å². The van der Waals surface area contributed by atoms with Crippen LogP contribution in [0.3, 0.4) is 0 Å². The maximum absolute atomic E-state index is 14.2. The van der Waals surface area contributed by atoms with Gasteiger partial charge in [-0.3, -0.25) is 4.79 Å². The van der Waals surface area contributed by atoms with E-state index in [2.05, 4.69) is 4.99 Å². The molecular formula is C14H12FN3O3S2. The van der Waals surface area contributed by atoms with Gasteiger partial charge in [-0.2, -0.15) is 10.3 Å². The van der Waals surface area contributed by atoms with Crippen LogP contribution in [0.1, 0.15) is 6.42 Å². The van der Waals surface area contributed by atoms with Crippen LogP contribution in [0.2, 0.25) is 0 Å². The number of nitriles is 1. The van der Waals surface area contributed by atoms with Crippen molar-refractivity contribution in [3.05, 3.63) is 30.1 Å². The molecule has 23 heavy (non-hydrogen) atoms. The monoisotopic (exact) mass is 353 g/mol. The third kappa shape index (κ3) is 3.09. The number of fused-ring (bicyclic) bond motifs is 1. The lowest BCUT2D eigenvalue weighted by atomic mass is 10.2. The third-order valence-corrected chi connectivity index (χ3v) is 6.84. The Kier molecular flexibility index (Phi) is 4.12. The molecule has 2 fully saturated rings. The first-order chi connectivity index (χ1) is 10.9. The van der Waals surface area contributed by atoms with Crippen molar-refractivity contribution in [2.45, 2.75) is 17.7 Å². The van der Waals surface area contributed by atoms with Crippen LogP contribution in [-0.4, -0.2) is 42.3 Å². The highest BCUT2D eigenvalue weighted by Gasteiger charge is 2.49. The number of amides is 1. The normalized spacial score (nSPS) is 27.0. The fourth-order valence-corrected chi connectivity index (χ4v) is 6.63. The molecule has 0 spiro atoms. The van der Waals surface area contributed by atoms with Gasteiger partial charge in [0.15, 0.2) is 15.0 Å². The molecular weight excluding hydrogens is 341 g/mol. The van der Waals surface area contributed by atoms with E-state index in [9.17, 15) is 17.6 Å². The number of thioether (sulfide) groups is 1. The molecule has 2 aliphatic rings. The van der Waals surface area contributed by atoms with E-state index >= 15 is 0 Å². The Morgan fingerprint density at radius 3 is 2.87 bits per heavy atom. The van der Waals surface area contributed by atoms with Crippen molar-refractivity contribution in [3.8, 4) is 6.07 Å². The molecule has 2 atom stereocenters. The Labute approximate surface area is 136 Å². The molecule has 0 bridgehead atoms. The second kappa shape index (κ2) is 5.94. The van der Waals surface area contributed by atoms with E-state index in [0.717, 1.165) is 11.8 Å². The van der Waals surface area contributed by atoms with Crippen LogP contribution < -0.4 is 4.90 Å². The Morgan fingerprint density at radius 1 is 1.43 bits per heavy atom. The minimum Gasteiger partial charge on any atom is -0.313 e. The van der Waals surface area contributed by atoms with E-state index in [1.54, 1.807) is 12.1 Å². The zero-order valence-electron chi connectivity index (χ0n) is 11.8. The number of benzene rings is 1. The van der Waals surface area contributed by atoms with E-state index in [4.69, 9.17) is 5.26 Å². The van der Waals surface area contributed by atoms with Crippen LogP contribution in [0.4, 0.5) is 10.1 Å². The quantitative estimate of drug-likeness (QED) is 0.797. The maximum atomic E-state index is 14.2. The minimum atomic E-state index is -3.20. The zero-order chi connectivity index (χ0) is 16.6. The number of halogens is 1. The summed E-state index contributed by atoms with van der Waals surface area (Å²) in [6.07, 6.45) is -0.372. The van der Waals surface area contributed by atoms with Crippen LogP contribution >= 0.6 is 11.8 Å². The van der Waals surface area contributed by atoms with Gasteiger partial charge in [-0.25, -0.2) is 12.8 Å². The number of hydrogen-bond donors (Lipinski definition) is 0. The molecule has 1 amide bonds. The first-order valence-electron chi connectivity index (χ1n) is 6.80. The summed E-state index contributed by atoms with van der Waals surface area (Å²) >= 11 is 1.15. The van der Waals surface area contributed by atoms with Gasteiger partial charge in [-0.1, -0.05) is 23.9 Å². The largest absolute Gasteiger partial charge is 0.313 e. The number of anilines is 1. The topological polar surface area (TPSA) is 90.6 Å². The molecule has 9 heteroatoms. The molecule has 2 aliphatic heterocycles. The fourth-order valence-electron chi connectivity index (χ4n) is 2.71. The SMILES string of the molecule is N#CCC(=O)N=C1SC2CS(=O)(=O)CC2N1c1ccccc1F. The number of carbonyl (C=O) groups excluding carboxylic acids is 1. The van der Waals surface area contributed by atoms with Crippen molar-refractivity contribution in [1.82, 2.24) is 0 Å². The second-order valence-corrected chi connectivity index (χ2v) is 8.61. The van der Waals surface area contributed by atoms with Gasteiger partial charge in [0.2, 0.25) is 0 Å². The molecule has 1 aromatic carbocycles. The third-order valence-electron chi connectivity index (χ3n) is 3.63. The van der Waals surface area contributed by atoms with Crippen molar-refractivity contribution >= 4 is 38.4 Å². The Hall–Kier alpha value is -1.92. The number of aliphatic imine (C=N–C) groups is 1. The predicted molar refractivity (Wildman–Crippen MR) is 85.4 cm³/mol. The zero-order valence-corrected chi connectivity index (χ0v) is 13.5. The minimum absolute atomic E-state index is 0.0290. The van der Waals surface area contributed by atoms with Gasteiger partial charge in [0.05, 0.1) is 29.3 Å². The predicted octanol–water partition coefficient (Wildman–Crippen LogP) is 1.34. The number of amidine groups is 1. The second-order valence-electron chi connectivity index (χ2n) is 5.24. The maximum Gasteiger partial charge on any atom is 0.262 e. The van der Waals surface area contributed by atoms with E-state index in [0.29, 0.717) is 0 Å². The Bertz CT molecular complexity index is 832. The summed E-state index contributed by atoms with van der Waals surface area (Å²) in [4.78, 5) is 17.0. The van der Waals surface area contributed by atoms with Gasteiger partial charge in [-0.05, 0) is 12.1 Å². The van der Waals surface area contributed by atoms with Crippen molar-refractivity contribution in [2.75, 3.05) is 16.4 Å². The number of para-hydroxylation sites is 1. The summed E-state index contributed by atoms with van der Waals surface area (Å²) in [5.41, 5.74) is 0.188. The number of rotatable bonds is 2. The molecule has 0 saturated carbocycles. The highest BCUT2D eigenvalue weighted by atomic mass is 32.2. The standard InChI is InChI=1S/C14H12FN3O3S2/c15-9-3-1-2-4-10(9)18-11-7-23(20,21)8-12(11)22-14(18)17-13(19)5-6-16/h1-4,11-12H,5,7-8H2. The van der Waals surface area contributed by atoms with Crippen LogP contribution in [-0.2, 0) is 14.6 Å². The average Bonchev–Trinajstić information content (AvgIpc) is 2.91. The lowest BCUT2D eigenvalue weighted by molar-refractivity contribution is -0.116. The van der Waals surface area contributed by atoms with Crippen LogP contribution in [0.25, 0.3) is 0 Å². The van der Waals surface area contributed by atoms with E-state index in [-0.39, 0.29) is 34.0 Å². The molecule has 2 saturated heterocycles. The van der Waals surface area contributed by atoms with E-state index in [1.165, 1.54) is 23.1 Å². The van der Waals surface area contributed by atoms with Gasteiger partial charge in [0.1, 0.15) is 12.2 Å². The molecule has 2 unspecified atom stereocenters. The summed E-state index contributed by atoms with van der Waals surface area (Å²) in [6, 6.07) is 7.21. The van der Waals surface area contributed by atoms with Gasteiger partial charge < -0.3 is 4.90 Å². The molecule has 1 aromatic rings. The number of sulfone groups is 1. The van der Waals surface area contributed by atoms with Crippen molar-refractivity contribution in [1.29, 1.82) is 5.26 Å². The fraction of sp³-hybridized carbons (Fsp3) is 0.357. The molecule has 0 radical (unpaired) electrons. The first kappa shape index (κ1) is 16.0. The summed E-state index contributed by atoms with van der Waals surface area (Å²) in [5.74, 6) is -1.28. The molecule has 0 aliphatic carbocycles. The summed E-state index contributed by atoms with van der Waals surface area (Å²) in [7, 11) is -3.20. The Morgan fingerprint density at radius 2 is 2.17 bits per heavy atom. The highest BCUT2D eigenvalue weighted by Crippen LogP contribution is 2.41. The molecule has 0 N–H and O–H groups in total. The highest BCUT2D eigenvalue weighted by molar-refractivity contribution is 8.16. The van der Waals surface area contributed by atoms with Crippen LogP contribution in [0.15, 0.2) is 29.3 Å². The molecule has 0 aromatic heterocycles. The Balaban J connectivity index is 2.03. The average molecular weight is 353 g/mol. The van der Waals surface area contributed by atoms with Crippen LogP contribution in [0, 0.1) is 17.1 Å². The molecule has 6 nitrogen and oxygen atoms in total. The van der Waals surface area contributed by atoms with Gasteiger partial charge in [0, 0.05) is 5.25 Å². The summed E-state index contributed by atoms with van der Waals surface area (Å²) in [5, 5.41) is 8.52. The van der Waals surface area contributed by atoms with Gasteiger partial charge in [0.25, 0.3) is 5.91 Å². The van der Waals surface area contributed by atoms with Crippen LogP contribution in [0.5, 0.6) is 0 Å². The number of hydrogen-bond acceptors (Lipinski definition) is 5. The smallest absolute Gasteiger partial charge is 0.262 e. The lowest BCUT2D eigenvalue weighted by Crippen LogP contribution is -2.38. The van der Waals surface area contributed by atoms with Crippen molar-refractivity contribution in [2.24, 2.45) is 4.99 Å². The summed E-state index contributed by atoms with van der Waals surface area (Å²) < 4.78 is 37.9. The van der Waals surface area contributed by atoms with E-state index in [1.807, 2.05) is 0 Å². The van der Waals surface area contributed by atoms with Crippen molar-refractivity contribution < 1.29 is 17.6 Å². The number of carbonyl (C=O) groups is 1. The van der Waals surface area contributed by atoms with E-state index < -0.39 is 27.6 Å². The molecule has 120 valence electrons. The number of nitrogens with zero attached hydrogens (tertiary/aromatic N) is 3. The lowest BCUT2D eigenvalue weighted by Gasteiger charge is -2.24. The molecule has 3 rings (SSSR count). The van der Waals surface area contributed by atoms with Crippen molar-refractivity contribution in [3.63, 3.8) is 0 Å². The first-order valence-corrected chi connectivity index (χ1v) is 9.51. The van der Waals surface area contributed by atoms with Gasteiger partial charge in [-0.15, -0.1) is 0 Å².